The molecule has 2 rings (SSSR count). The lowest BCUT2D eigenvalue weighted by molar-refractivity contribution is 0.0950. The summed E-state index contributed by atoms with van der Waals surface area (Å²) in [6, 6.07) is 4.38. The lowest BCUT2D eigenvalue weighted by atomic mass is 10.1. The van der Waals surface area contributed by atoms with E-state index in [1.807, 2.05) is 11.6 Å². The van der Waals surface area contributed by atoms with E-state index < -0.39 is 5.82 Å². The fourth-order valence-electron chi connectivity index (χ4n) is 1.79. The molecule has 0 atom stereocenters. The minimum Gasteiger partial charge on any atom is -0.385 e. The molecule has 0 aliphatic carbocycles. The van der Waals surface area contributed by atoms with E-state index >= 15 is 0 Å². The second-order valence-corrected chi connectivity index (χ2v) is 4.05. The first-order chi connectivity index (χ1) is 9.13. The third-order valence-corrected chi connectivity index (χ3v) is 2.84. The van der Waals surface area contributed by atoms with Crippen LogP contribution in [-0.4, -0.2) is 22.5 Å². The molecule has 0 saturated carbocycles. The van der Waals surface area contributed by atoms with E-state index in [9.17, 15) is 9.18 Å². The topological polar surface area (TPSA) is 59.0 Å². The molecule has 0 saturated heterocycles. The van der Waals surface area contributed by atoms with Gasteiger partial charge in [-0.2, -0.15) is 0 Å². The molecule has 6 heteroatoms. The Morgan fingerprint density at radius 3 is 2.89 bits per heavy atom. The molecule has 0 radical (unpaired) electrons. The molecule has 0 aliphatic rings. The number of imidazole rings is 1. The minimum absolute atomic E-state index is 0.194. The van der Waals surface area contributed by atoms with E-state index in [1.54, 1.807) is 25.5 Å². The normalized spacial score (nSPS) is 10.3. The van der Waals surface area contributed by atoms with Gasteiger partial charge >= 0.3 is 0 Å². The Morgan fingerprint density at radius 2 is 2.26 bits per heavy atom. The molecule has 0 spiro atoms. The largest absolute Gasteiger partial charge is 0.385 e. The fourth-order valence-corrected chi connectivity index (χ4v) is 1.79. The molecule has 2 aromatic rings. The van der Waals surface area contributed by atoms with Crippen LogP contribution >= 0.6 is 0 Å². The van der Waals surface area contributed by atoms with Crippen molar-refractivity contribution in [3.8, 4) is 0 Å². The fraction of sp³-hybridized carbons (Fsp3) is 0.231. The zero-order valence-electron chi connectivity index (χ0n) is 10.8. The average molecular weight is 262 g/mol. The van der Waals surface area contributed by atoms with Crippen molar-refractivity contribution >= 4 is 11.6 Å². The van der Waals surface area contributed by atoms with Gasteiger partial charge in [0.05, 0.1) is 17.8 Å². The van der Waals surface area contributed by atoms with Gasteiger partial charge in [-0.1, -0.05) is 6.07 Å². The molecule has 0 fully saturated rings. The molecular weight excluding hydrogens is 247 g/mol. The van der Waals surface area contributed by atoms with Gasteiger partial charge in [-0.25, -0.2) is 9.37 Å². The molecule has 0 bridgehead atoms. The van der Waals surface area contributed by atoms with E-state index in [0.29, 0.717) is 6.54 Å². The molecule has 0 aliphatic heterocycles. The molecule has 19 heavy (non-hydrogen) atoms. The number of nitrogens with one attached hydrogen (secondary N) is 2. The van der Waals surface area contributed by atoms with Crippen LogP contribution in [-0.2, 0) is 13.6 Å². The number of nitrogens with zero attached hydrogens (tertiary/aromatic N) is 2. The zero-order valence-corrected chi connectivity index (χ0v) is 10.8. The summed E-state index contributed by atoms with van der Waals surface area (Å²) in [7, 11) is 3.42. The van der Waals surface area contributed by atoms with Crippen molar-refractivity contribution in [2.45, 2.75) is 6.54 Å². The number of carbonyl (C=O) groups is 1. The highest BCUT2D eigenvalue weighted by Gasteiger charge is 2.14. The smallest absolute Gasteiger partial charge is 0.253 e. The van der Waals surface area contributed by atoms with Crippen molar-refractivity contribution in [2.75, 3.05) is 12.4 Å². The summed E-state index contributed by atoms with van der Waals surface area (Å²) >= 11 is 0. The predicted octanol–water partition coefficient (Wildman–Crippen LogP) is 1.53. The molecular formula is C13H15FN4O. The average Bonchev–Trinajstić information content (AvgIpc) is 2.81. The Balaban J connectivity index is 2.12. The molecule has 100 valence electrons. The van der Waals surface area contributed by atoms with E-state index in [2.05, 4.69) is 15.6 Å². The van der Waals surface area contributed by atoms with Crippen LogP contribution in [0, 0.1) is 5.82 Å². The maximum Gasteiger partial charge on any atom is 0.253 e. The van der Waals surface area contributed by atoms with Crippen LogP contribution in [0.3, 0.4) is 0 Å². The number of carbonyl (C=O) groups excluding carboxylic acids is 1. The van der Waals surface area contributed by atoms with Crippen molar-refractivity contribution in [2.24, 2.45) is 7.05 Å². The second-order valence-electron chi connectivity index (χ2n) is 4.05. The second kappa shape index (κ2) is 5.51. The van der Waals surface area contributed by atoms with Gasteiger partial charge in [-0.15, -0.1) is 0 Å². The molecule has 1 aromatic carbocycles. The first kappa shape index (κ1) is 13.1. The summed E-state index contributed by atoms with van der Waals surface area (Å²) in [5.41, 5.74) is 0.469. The van der Waals surface area contributed by atoms with Gasteiger partial charge in [-0.3, -0.25) is 4.79 Å². The number of aryl methyl sites for hydroxylation is 1. The van der Waals surface area contributed by atoms with Crippen molar-refractivity contribution in [1.29, 1.82) is 0 Å². The molecule has 1 amide bonds. The monoisotopic (exact) mass is 262 g/mol. The standard InChI is InChI=1S/C13H15FN4O/c1-15-12-9(4-3-5-10(12)14)13(19)17-8-11-16-6-7-18(11)2/h3-7,15H,8H2,1-2H3,(H,17,19). The minimum atomic E-state index is -0.452. The first-order valence-electron chi connectivity index (χ1n) is 5.84. The number of halogens is 1. The van der Waals surface area contributed by atoms with Gasteiger partial charge in [-0.05, 0) is 12.1 Å². The van der Waals surface area contributed by atoms with Crippen LogP contribution in [0.2, 0.25) is 0 Å². The Labute approximate surface area is 110 Å². The summed E-state index contributed by atoms with van der Waals surface area (Å²) < 4.78 is 15.3. The molecule has 5 nitrogen and oxygen atoms in total. The van der Waals surface area contributed by atoms with E-state index in [4.69, 9.17) is 0 Å². The summed E-state index contributed by atoms with van der Waals surface area (Å²) in [5.74, 6) is -0.0604. The number of anilines is 1. The van der Waals surface area contributed by atoms with Crippen LogP contribution in [0.4, 0.5) is 10.1 Å². The lowest BCUT2D eigenvalue weighted by Gasteiger charge is -2.10. The number of aromatic nitrogens is 2. The van der Waals surface area contributed by atoms with Gasteiger partial charge < -0.3 is 15.2 Å². The van der Waals surface area contributed by atoms with E-state index in [0.717, 1.165) is 5.82 Å². The summed E-state index contributed by atoms with van der Waals surface area (Å²) in [4.78, 5) is 16.1. The number of para-hydroxylation sites is 1. The van der Waals surface area contributed by atoms with Gasteiger partial charge in [0, 0.05) is 26.5 Å². The van der Waals surface area contributed by atoms with Crippen molar-refractivity contribution in [3.05, 3.63) is 47.8 Å². The van der Waals surface area contributed by atoms with Crippen LogP contribution in [0.5, 0.6) is 0 Å². The van der Waals surface area contributed by atoms with Crippen molar-refractivity contribution in [1.82, 2.24) is 14.9 Å². The van der Waals surface area contributed by atoms with Crippen molar-refractivity contribution < 1.29 is 9.18 Å². The lowest BCUT2D eigenvalue weighted by Crippen LogP contribution is -2.25. The summed E-state index contributed by atoms with van der Waals surface area (Å²) in [6.07, 6.45) is 3.45. The molecule has 1 aromatic heterocycles. The third kappa shape index (κ3) is 2.73. The van der Waals surface area contributed by atoms with Crippen LogP contribution in [0.15, 0.2) is 30.6 Å². The maximum atomic E-state index is 13.5. The summed E-state index contributed by atoms with van der Waals surface area (Å²) in [6.45, 7) is 0.294. The number of rotatable bonds is 4. The van der Waals surface area contributed by atoms with Gasteiger partial charge in [0.1, 0.15) is 11.6 Å². The molecule has 2 N–H and O–H groups in total. The zero-order chi connectivity index (χ0) is 13.8. The highest BCUT2D eigenvalue weighted by atomic mass is 19.1. The van der Waals surface area contributed by atoms with Crippen LogP contribution in [0.1, 0.15) is 16.2 Å². The Hall–Kier alpha value is -2.37. The molecule has 1 heterocycles. The third-order valence-electron chi connectivity index (χ3n) is 2.84. The summed E-state index contributed by atoms with van der Waals surface area (Å²) in [5, 5.41) is 5.41. The Morgan fingerprint density at radius 1 is 1.47 bits per heavy atom. The van der Waals surface area contributed by atoms with Gasteiger partial charge in [0.15, 0.2) is 0 Å². The highest BCUT2D eigenvalue weighted by molar-refractivity contribution is 5.99. The predicted molar refractivity (Wildman–Crippen MR) is 70.3 cm³/mol. The number of benzene rings is 1. The quantitative estimate of drug-likeness (QED) is 0.878. The maximum absolute atomic E-state index is 13.5. The van der Waals surface area contributed by atoms with Crippen molar-refractivity contribution in [3.63, 3.8) is 0 Å². The van der Waals surface area contributed by atoms with E-state index in [1.165, 1.54) is 12.1 Å². The SMILES string of the molecule is CNc1c(F)cccc1C(=O)NCc1nccn1C. The van der Waals surface area contributed by atoms with Gasteiger partial charge in [0.25, 0.3) is 5.91 Å². The molecule has 0 unspecified atom stereocenters. The highest BCUT2D eigenvalue weighted by Crippen LogP contribution is 2.18. The van der Waals surface area contributed by atoms with E-state index in [-0.39, 0.29) is 17.2 Å². The van der Waals surface area contributed by atoms with Crippen LogP contribution in [0.25, 0.3) is 0 Å². The Kier molecular flexibility index (Phi) is 3.79. The Bertz CT molecular complexity index is 594. The van der Waals surface area contributed by atoms with Crippen LogP contribution < -0.4 is 10.6 Å². The number of hydrogen-bond donors (Lipinski definition) is 2. The van der Waals surface area contributed by atoms with Gasteiger partial charge in [0.2, 0.25) is 0 Å². The number of hydrogen-bond acceptors (Lipinski definition) is 3. The number of amides is 1. The first-order valence-corrected chi connectivity index (χ1v) is 5.84.